The molecular weight excluding hydrogens is 392 g/mol. The van der Waals surface area contributed by atoms with Crippen molar-refractivity contribution >= 4 is 29.1 Å². The lowest BCUT2D eigenvalue weighted by Crippen LogP contribution is -2.35. The number of rotatable bonds is 6. The van der Waals surface area contributed by atoms with E-state index in [0.717, 1.165) is 25.9 Å². The molecule has 1 aliphatic rings. The van der Waals surface area contributed by atoms with Gasteiger partial charge in [0, 0.05) is 31.3 Å². The van der Waals surface area contributed by atoms with E-state index in [0.29, 0.717) is 17.4 Å². The summed E-state index contributed by atoms with van der Waals surface area (Å²) in [5.74, 6) is -0.0776. The van der Waals surface area contributed by atoms with Crippen molar-refractivity contribution in [2.24, 2.45) is 5.92 Å². The van der Waals surface area contributed by atoms with Crippen LogP contribution in [0.2, 0.25) is 0 Å². The van der Waals surface area contributed by atoms with E-state index >= 15 is 0 Å². The van der Waals surface area contributed by atoms with Gasteiger partial charge in [0.1, 0.15) is 5.76 Å². The number of nitro benzene ring substituents is 1. The number of ether oxygens (including phenoxy) is 1. The van der Waals surface area contributed by atoms with E-state index in [-0.39, 0.29) is 17.1 Å². The Hall–Kier alpha value is -3.43. The van der Waals surface area contributed by atoms with E-state index in [1.807, 2.05) is 4.90 Å². The van der Waals surface area contributed by atoms with Crippen LogP contribution in [0.3, 0.4) is 0 Å². The Morgan fingerprint density at radius 3 is 2.63 bits per heavy atom. The summed E-state index contributed by atoms with van der Waals surface area (Å²) in [6.07, 6.45) is 0.783. The van der Waals surface area contributed by atoms with Gasteiger partial charge in [0.25, 0.3) is 11.6 Å². The predicted octanol–water partition coefficient (Wildman–Crippen LogP) is 3.31. The number of non-ortho nitro benzene ring substituents is 1. The molecule has 0 aliphatic carbocycles. The third-order valence-electron chi connectivity index (χ3n) is 5.07. The molecule has 1 amide bonds. The van der Waals surface area contributed by atoms with E-state index < -0.39 is 22.9 Å². The number of amides is 1. The summed E-state index contributed by atoms with van der Waals surface area (Å²) in [4.78, 5) is 37.8. The molecule has 1 N–H and O–H groups in total. The van der Waals surface area contributed by atoms with E-state index in [1.54, 1.807) is 13.0 Å². The summed E-state index contributed by atoms with van der Waals surface area (Å²) in [5, 5.41) is 17.4. The Kier molecular flexibility index (Phi) is 6.34. The molecule has 30 heavy (non-hydrogen) atoms. The summed E-state index contributed by atoms with van der Waals surface area (Å²) in [5.41, 5.74) is 0.416. The van der Waals surface area contributed by atoms with Crippen LogP contribution >= 0.6 is 0 Å². The van der Waals surface area contributed by atoms with Crippen LogP contribution in [0.15, 0.2) is 28.8 Å². The van der Waals surface area contributed by atoms with Gasteiger partial charge in [-0.05, 0) is 38.7 Å². The van der Waals surface area contributed by atoms with Crippen LogP contribution in [0.25, 0.3) is 0 Å². The zero-order valence-electron chi connectivity index (χ0n) is 17.1. The van der Waals surface area contributed by atoms with Crippen LogP contribution in [0.4, 0.5) is 17.2 Å². The maximum atomic E-state index is 12.8. The number of hydrogen-bond donors (Lipinski definition) is 1. The molecule has 1 aliphatic heterocycles. The van der Waals surface area contributed by atoms with E-state index in [1.165, 1.54) is 25.1 Å². The van der Waals surface area contributed by atoms with Crippen LogP contribution < -0.4 is 10.2 Å². The molecule has 2 aromatic rings. The van der Waals surface area contributed by atoms with Gasteiger partial charge in [0.2, 0.25) is 0 Å². The maximum absolute atomic E-state index is 12.8. The van der Waals surface area contributed by atoms with Gasteiger partial charge >= 0.3 is 5.97 Å². The molecular formula is C20H24N4O6. The summed E-state index contributed by atoms with van der Waals surface area (Å²) in [6, 6.07) is 5.66. The number of nitro groups is 1. The Balaban J connectivity index is 1.77. The number of piperidine rings is 1. The monoisotopic (exact) mass is 416 g/mol. The molecule has 0 spiro atoms. The highest BCUT2D eigenvalue weighted by Crippen LogP contribution is 2.30. The third kappa shape index (κ3) is 4.94. The number of nitrogens with zero attached hydrogens (tertiary/aromatic N) is 3. The summed E-state index contributed by atoms with van der Waals surface area (Å²) < 4.78 is 10.2. The number of hydrogen-bond acceptors (Lipinski definition) is 8. The predicted molar refractivity (Wildman–Crippen MR) is 108 cm³/mol. The molecule has 0 bridgehead atoms. The normalized spacial score (nSPS) is 15.5. The first-order valence-electron chi connectivity index (χ1n) is 9.73. The number of aromatic nitrogens is 1. The molecule has 0 saturated carbocycles. The van der Waals surface area contributed by atoms with Gasteiger partial charge in [0.05, 0.1) is 16.2 Å². The highest BCUT2D eigenvalue weighted by atomic mass is 16.6. The Morgan fingerprint density at radius 1 is 1.33 bits per heavy atom. The third-order valence-corrected chi connectivity index (χ3v) is 5.07. The molecule has 0 unspecified atom stereocenters. The number of benzene rings is 1. The fraction of sp³-hybridized carbons (Fsp3) is 0.450. The Bertz CT molecular complexity index is 949. The molecule has 2 heterocycles. The lowest BCUT2D eigenvalue weighted by molar-refractivity contribution is -0.384. The van der Waals surface area contributed by atoms with Crippen molar-refractivity contribution in [2.45, 2.75) is 39.7 Å². The number of esters is 1. The fourth-order valence-electron chi connectivity index (χ4n) is 3.26. The molecule has 1 saturated heterocycles. The smallest absolute Gasteiger partial charge is 0.341 e. The zero-order valence-corrected chi connectivity index (χ0v) is 17.1. The minimum absolute atomic E-state index is 0.0654. The summed E-state index contributed by atoms with van der Waals surface area (Å²) in [7, 11) is 0. The van der Waals surface area contributed by atoms with E-state index in [2.05, 4.69) is 17.4 Å². The number of carbonyl (C=O) groups excluding carboxylic acids is 2. The van der Waals surface area contributed by atoms with Crippen LogP contribution in [0, 0.1) is 23.0 Å². The molecule has 10 nitrogen and oxygen atoms in total. The number of anilines is 2. The van der Waals surface area contributed by atoms with Crippen molar-refractivity contribution in [2.75, 3.05) is 23.3 Å². The molecule has 3 rings (SSSR count). The fourth-order valence-corrected chi connectivity index (χ4v) is 3.26. The van der Waals surface area contributed by atoms with Crippen molar-refractivity contribution in [1.82, 2.24) is 5.16 Å². The van der Waals surface area contributed by atoms with Crippen molar-refractivity contribution < 1.29 is 23.8 Å². The lowest BCUT2D eigenvalue weighted by Gasteiger charge is -2.33. The van der Waals surface area contributed by atoms with Crippen molar-refractivity contribution in [3.05, 3.63) is 45.7 Å². The number of nitrogens with one attached hydrogen (secondary N) is 1. The second kappa shape index (κ2) is 8.93. The first-order chi connectivity index (χ1) is 14.2. The van der Waals surface area contributed by atoms with Gasteiger partial charge in [-0.25, -0.2) is 4.79 Å². The highest BCUT2D eigenvalue weighted by molar-refractivity contribution is 6.00. The average Bonchev–Trinajstić information content (AvgIpc) is 3.12. The average molecular weight is 416 g/mol. The zero-order chi connectivity index (χ0) is 21.8. The lowest BCUT2D eigenvalue weighted by atomic mass is 9.98. The number of aryl methyl sites for hydroxylation is 1. The second-order valence-corrected chi connectivity index (χ2v) is 7.49. The van der Waals surface area contributed by atoms with Crippen LogP contribution in [0.5, 0.6) is 0 Å². The molecule has 1 atom stereocenters. The molecule has 1 aromatic heterocycles. The Morgan fingerprint density at radius 2 is 2.03 bits per heavy atom. The van der Waals surface area contributed by atoms with Crippen molar-refractivity contribution in [1.29, 1.82) is 0 Å². The number of carbonyl (C=O) groups is 2. The first kappa shape index (κ1) is 21.3. The summed E-state index contributed by atoms with van der Waals surface area (Å²) >= 11 is 0. The Labute approximate surface area is 173 Å². The minimum Gasteiger partial charge on any atom is -0.449 e. The molecule has 1 aromatic carbocycles. The summed E-state index contributed by atoms with van der Waals surface area (Å²) in [6.45, 7) is 6.73. The van der Waals surface area contributed by atoms with Gasteiger partial charge in [0.15, 0.2) is 11.9 Å². The highest BCUT2D eigenvalue weighted by Gasteiger charge is 2.27. The van der Waals surface area contributed by atoms with Crippen molar-refractivity contribution in [3.8, 4) is 0 Å². The molecule has 160 valence electrons. The van der Waals surface area contributed by atoms with Gasteiger partial charge < -0.3 is 19.5 Å². The largest absolute Gasteiger partial charge is 0.449 e. The van der Waals surface area contributed by atoms with Gasteiger partial charge in [-0.1, -0.05) is 12.1 Å². The first-order valence-corrected chi connectivity index (χ1v) is 9.73. The van der Waals surface area contributed by atoms with E-state index in [4.69, 9.17) is 9.26 Å². The molecule has 0 radical (unpaired) electrons. The van der Waals surface area contributed by atoms with Gasteiger partial charge in [-0.2, -0.15) is 0 Å². The molecule has 1 fully saturated rings. The van der Waals surface area contributed by atoms with Gasteiger partial charge in [-0.15, -0.1) is 0 Å². The standard InChI is InChI=1S/C20H24N4O6/c1-12-6-8-23(9-7-12)17-5-4-15(24(27)28)11-16(17)20(26)29-14(3)19(25)21-18-10-13(2)30-22-18/h4-5,10-12,14H,6-9H2,1-3H3,(H,21,22,25)/t14-/m1/s1. The van der Waals surface area contributed by atoms with E-state index in [9.17, 15) is 19.7 Å². The van der Waals surface area contributed by atoms with Crippen LogP contribution in [-0.4, -0.2) is 41.1 Å². The SMILES string of the molecule is Cc1cc(NC(=O)[C@@H](C)OC(=O)c2cc([N+](=O)[O-])ccc2N2CCC(C)CC2)no1. The van der Waals surface area contributed by atoms with Crippen molar-refractivity contribution in [3.63, 3.8) is 0 Å². The maximum Gasteiger partial charge on any atom is 0.341 e. The second-order valence-electron chi connectivity index (χ2n) is 7.49. The van der Waals surface area contributed by atoms with Crippen LogP contribution in [0.1, 0.15) is 42.8 Å². The van der Waals surface area contributed by atoms with Crippen LogP contribution in [-0.2, 0) is 9.53 Å². The quantitative estimate of drug-likeness (QED) is 0.431. The topological polar surface area (TPSA) is 128 Å². The minimum atomic E-state index is -1.14. The molecule has 10 heteroatoms. The van der Waals surface area contributed by atoms with Gasteiger partial charge in [-0.3, -0.25) is 14.9 Å².